The quantitative estimate of drug-likeness (QED) is 0.575. The Morgan fingerprint density at radius 3 is 3.00 bits per heavy atom. The minimum atomic E-state index is -0.0385. The summed E-state index contributed by atoms with van der Waals surface area (Å²) < 4.78 is 0. The van der Waals surface area contributed by atoms with Gasteiger partial charge in [0.15, 0.2) is 5.78 Å². The maximum atomic E-state index is 11.1. The van der Waals surface area contributed by atoms with E-state index in [1.807, 2.05) is 30.4 Å². The summed E-state index contributed by atoms with van der Waals surface area (Å²) in [5.74, 6) is -0.0385. The van der Waals surface area contributed by atoms with Gasteiger partial charge < -0.3 is 0 Å². The molecule has 3 rings (SSSR count). The highest BCUT2D eigenvalue weighted by atomic mass is 16.1. The Kier molecular flexibility index (Phi) is 1.34. The molecule has 0 atom stereocenters. The average molecular weight is 181 g/mol. The lowest BCUT2D eigenvalue weighted by atomic mass is 10.1. The van der Waals surface area contributed by atoms with Crippen LogP contribution in [0.25, 0.3) is 18.2 Å². The van der Waals surface area contributed by atoms with Crippen LogP contribution in [0.5, 0.6) is 0 Å². The number of hydrogen-bond donors (Lipinski definition) is 0. The van der Waals surface area contributed by atoms with Gasteiger partial charge in [-0.25, -0.2) is 0 Å². The van der Waals surface area contributed by atoms with E-state index in [-0.39, 0.29) is 5.78 Å². The van der Waals surface area contributed by atoms with Gasteiger partial charge >= 0.3 is 0 Å². The second-order valence-electron chi connectivity index (χ2n) is 3.37. The normalized spacial score (nSPS) is 15.9. The van der Waals surface area contributed by atoms with E-state index in [0.29, 0.717) is 0 Å². The largest absolute Gasteiger partial charge is 0.288 e. The molecule has 0 bridgehead atoms. The molecule has 1 aromatic carbocycles. The molecule has 0 saturated heterocycles. The zero-order valence-corrected chi connectivity index (χ0v) is 7.40. The first-order valence-corrected chi connectivity index (χ1v) is 4.45. The van der Waals surface area contributed by atoms with Crippen molar-refractivity contribution in [3.05, 3.63) is 34.2 Å². The summed E-state index contributed by atoms with van der Waals surface area (Å²) in [7, 11) is 0. The Morgan fingerprint density at radius 2 is 2.07 bits per heavy atom. The standard InChI is InChI=1S/C12H7NO/c14-11-5-10-4-8-2-1-3-9(8)6-12(10)13-7-11/h1-7H. The Labute approximate surface area is 80.6 Å². The van der Waals surface area contributed by atoms with Crippen molar-refractivity contribution in [1.82, 2.24) is 0 Å². The van der Waals surface area contributed by atoms with Crippen LogP contribution in [0.15, 0.2) is 23.2 Å². The zero-order chi connectivity index (χ0) is 9.54. The molecule has 0 fully saturated rings. The third kappa shape index (κ3) is 0.973. The lowest BCUT2D eigenvalue weighted by Crippen LogP contribution is -2.16. The number of ketones is 1. The molecule has 0 amide bonds. The van der Waals surface area contributed by atoms with Crippen molar-refractivity contribution in [2.45, 2.75) is 0 Å². The van der Waals surface area contributed by atoms with Crippen molar-refractivity contribution < 1.29 is 4.79 Å². The van der Waals surface area contributed by atoms with Crippen LogP contribution in [-0.2, 0) is 4.79 Å². The molecule has 0 aromatic heterocycles. The first-order valence-electron chi connectivity index (χ1n) is 4.45. The van der Waals surface area contributed by atoms with E-state index >= 15 is 0 Å². The van der Waals surface area contributed by atoms with Crippen molar-refractivity contribution in [2.24, 2.45) is 4.99 Å². The number of benzene rings is 1. The molecule has 0 unspecified atom stereocenters. The summed E-state index contributed by atoms with van der Waals surface area (Å²) >= 11 is 0. The molecule has 0 N–H and O–H groups in total. The fraction of sp³-hybridized carbons (Fsp3) is 0. The summed E-state index contributed by atoms with van der Waals surface area (Å²) in [6.45, 7) is 0. The Hall–Kier alpha value is -1.96. The molecule has 1 aromatic rings. The van der Waals surface area contributed by atoms with Gasteiger partial charge in [0.05, 0.1) is 11.9 Å². The van der Waals surface area contributed by atoms with Gasteiger partial charge in [-0.2, -0.15) is 0 Å². The van der Waals surface area contributed by atoms with E-state index in [4.69, 9.17) is 0 Å². The molecule has 2 heteroatoms. The Morgan fingerprint density at radius 1 is 1.14 bits per heavy atom. The lowest BCUT2D eigenvalue weighted by molar-refractivity contribution is -0.107. The van der Waals surface area contributed by atoms with Gasteiger partial charge in [-0.15, -0.1) is 0 Å². The van der Waals surface area contributed by atoms with Crippen molar-refractivity contribution in [2.75, 3.05) is 0 Å². The monoisotopic (exact) mass is 181 g/mol. The first-order chi connectivity index (χ1) is 6.83. The zero-order valence-electron chi connectivity index (χ0n) is 7.40. The topological polar surface area (TPSA) is 29.4 Å². The van der Waals surface area contributed by atoms with Gasteiger partial charge in [0.25, 0.3) is 0 Å². The summed E-state index contributed by atoms with van der Waals surface area (Å²) in [4.78, 5) is 15.2. The van der Waals surface area contributed by atoms with Crippen LogP contribution in [0, 0.1) is 0 Å². The SMILES string of the molecule is O=C1C=Nc2cc3c(cc2=C1)C=CC=3. The Balaban J connectivity index is 2.42. The van der Waals surface area contributed by atoms with Crippen LogP contribution in [-0.4, -0.2) is 12.0 Å². The minimum Gasteiger partial charge on any atom is -0.288 e. The van der Waals surface area contributed by atoms with Crippen molar-refractivity contribution in [3.63, 3.8) is 0 Å². The highest BCUT2D eigenvalue weighted by molar-refractivity contribution is 6.42. The fourth-order valence-corrected chi connectivity index (χ4v) is 1.73. The van der Waals surface area contributed by atoms with Crippen LogP contribution in [0.4, 0.5) is 5.69 Å². The number of nitrogens with zero attached hydrogens (tertiary/aromatic N) is 1. The number of fused-ring (bicyclic) bond motifs is 2. The molecule has 2 aliphatic rings. The second-order valence-corrected chi connectivity index (χ2v) is 3.37. The molecule has 0 saturated carbocycles. The fourth-order valence-electron chi connectivity index (χ4n) is 1.73. The number of carbonyl (C=O) groups is 1. The summed E-state index contributed by atoms with van der Waals surface area (Å²) in [6.07, 6.45) is 9.06. The smallest absolute Gasteiger partial charge is 0.197 e. The summed E-state index contributed by atoms with van der Waals surface area (Å²) in [5.41, 5.74) is 2.04. The van der Waals surface area contributed by atoms with Gasteiger partial charge in [0.2, 0.25) is 0 Å². The van der Waals surface area contributed by atoms with Crippen LogP contribution < -0.4 is 10.4 Å². The van der Waals surface area contributed by atoms with E-state index in [9.17, 15) is 4.79 Å². The molecule has 1 heterocycles. The maximum Gasteiger partial charge on any atom is 0.197 e. The van der Waals surface area contributed by atoms with Crippen LogP contribution >= 0.6 is 0 Å². The molecule has 0 spiro atoms. The molecule has 14 heavy (non-hydrogen) atoms. The van der Waals surface area contributed by atoms with Crippen molar-refractivity contribution >= 4 is 35.9 Å². The molecule has 66 valence electrons. The Bertz CT molecular complexity index is 606. The van der Waals surface area contributed by atoms with Gasteiger partial charge in [0, 0.05) is 5.22 Å². The van der Waals surface area contributed by atoms with Crippen molar-refractivity contribution in [3.8, 4) is 0 Å². The summed E-state index contributed by atoms with van der Waals surface area (Å²) in [5, 5.41) is 2.08. The van der Waals surface area contributed by atoms with E-state index in [1.165, 1.54) is 11.4 Å². The number of rotatable bonds is 0. The molecule has 0 radical (unpaired) electrons. The number of carbonyl (C=O) groups excluding carboxylic acids is 1. The minimum absolute atomic E-state index is 0.0385. The second kappa shape index (κ2) is 2.51. The highest BCUT2D eigenvalue weighted by Gasteiger charge is 2.05. The number of hydrogen-bond acceptors (Lipinski definition) is 2. The third-order valence-corrected chi connectivity index (χ3v) is 2.41. The highest BCUT2D eigenvalue weighted by Crippen LogP contribution is 2.08. The predicted octanol–water partition coefficient (Wildman–Crippen LogP) is 0.559. The van der Waals surface area contributed by atoms with Crippen molar-refractivity contribution in [1.29, 1.82) is 0 Å². The van der Waals surface area contributed by atoms with Crippen LogP contribution in [0.2, 0.25) is 0 Å². The maximum absolute atomic E-state index is 11.1. The molecule has 1 aliphatic heterocycles. The molecular weight excluding hydrogens is 174 g/mol. The lowest BCUT2D eigenvalue weighted by Gasteiger charge is -2.01. The van der Waals surface area contributed by atoms with E-state index < -0.39 is 0 Å². The molecule has 1 aliphatic carbocycles. The third-order valence-electron chi connectivity index (χ3n) is 2.41. The number of Topliss-reactive ketones (excluding diaryl/α,β-unsaturated/α-hetero) is 1. The van der Waals surface area contributed by atoms with Crippen LogP contribution in [0.1, 0.15) is 5.56 Å². The van der Waals surface area contributed by atoms with Gasteiger partial charge in [-0.3, -0.25) is 9.79 Å². The van der Waals surface area contributed by atoms with E-state index in [2.05, 4.69) is 4.99 Å². The van der Waals surface area contributed by atoms with Gasteiger partial charge in [0.1, 0.15) is 0 Å². The predicted molar refractivity (Wildman–Crippen MR) is 56.8 cm³/mol. The first kappa shape index (κ1) is 7.44. The van der Waals surface area contributed by atoms with Gasteiger partial charge in [-0.05, 0) is 29.0 Å². The number of allylic oxidation sites excluding steroid dienone is 1. The molecular formula is C12H7NO. The summed E-state index contributed by atoms with van der Waals surface area (Å²) in [6, 6.07) is 4.00. The van der Waals surface area contributed by atoms with E-state index in [1.54, 1.807) is 6.08 Å². The van der Waals surface area contributed by atoms with E-state index in [0.717, 1.165) is 16.5 Å². The number of aliphatic imine (C=N–C) groups is 1. The van der Waals surface area contributed by atoms with Gasteiger partial charge in [-0.1, -0.05) is 18.2 Å². The molecule has 2 nitrogen and oxygen atoms in total. The average Bonchev–Trinajstić information content (AvgIpc) is 2.61. The van der Waals surface area contributed by atoms with Crippen LogP contribution in [0.3, 0.4) is 0 Å².